The van der Waals surface area contributed by atoms with Crippen molar-refractivity contribution in [3.63, 3.8) is 0 Å². The molecule has 1 unspecified atom stereocenters. The summed E-state index contributed by atoms with van der Waals surface area (Å²) >= 11 is 0. The van der Waals surface area contributed by atoms with E-state index < -0.39 is 0 Å². The number of hydrogen-bond donors (Lipinski definition) is 1. The van der Waals surface area contributed by atoms with Crippen LogP contribution in [-0.4, -0.2) is 31.0 Å². The molecule has 0 aliphatic heterocycles. The highest BCUT2D eigenvalue weighted by Crippen LogP contribution is 2.42. The van der Waals surface area contributed by atoms with Crippen molar-refractivity contribution in [1.82, 2.24) is 10.1 Å². The summed E-state index contributed by atoms with van der Waals surface area (Å²) in [5.74, 6) is 1.08. The van der Waals surface area contributed by atoms with Gasteiger partial charge in [-0.1, -0.05) is 5.16 Å². The van der Waals surface area contributed by atoms with Crippen LogP contribution in [0.3, 0.4) is 0 Å². The first-order valence-electron chi connectivity index (χ1n) is 5.85. The second-order valence-electron chi connectivity index (χ2n) is 4.40. The van der Waals surface area contributed by atoms with Gasteiger partial charge in [-0.25, -0.2) is 0 Å². The molecule has 0 aromatic carbocycles. The Morgan fingerprint density at radius 2 is 2.24 bits per heavy atom. The summed E-state index contributed by atoms with van der Waals surface area (Å²) in [5, 5.41) is 3.98. The first-order chi connectivity index (χ1) is 8.22. The average Bonchev–Trinajstić information content (AvgIpc) is 2.75. The highest BCUT2D eigenvalue weighted by molar-refractivity contribution is 5.07. The molecule has 2 rings (SSSR count). The molecule has 1 aromatic rings. The van der Waals surface area contributed by atoms with Crippen molar-refractivity contribution in [2.24, 2.45) is 5.73 Å². The summed E-state index contributed by atoms with van der Waals surface area (Å²) < 4.78 is 15.6. The van der Waals surface area contributed by atoms with Crippen LogP contribution in [0, 0.1) is 0 Å². The number of methoxy groups -OCH3 is 2. The van der Waals surface area contributed by atoms with E-state index in [1.54, 1.807) is 14.2 Å². The topological polar surface area (TPSA) is 83.4 Å². The molecule has 17 heavy (non-hydrogen) atoms. The van der Waals surface area contributed by atoms with Crippen molar-refractivity contribution in [3.8, 4) is 0 Å². The van der Waals surface area contributed by atoms with Gasteiger partial charge in [-0.3, -0.25) is 0 Å². The Bertz CT molecular complexity index is 357. The Morgan fingerprint density at radius 3 is 2.76 bits per heavy atom. The second kappa shape index (κ2) is 5.12. The molecule has 6 heteroatoms. The molecular formula is C11H19N3O3. The number of nitrogens with zero attached hydrogens (tertiary/aromatic N) is 2. The summed E-state index contributed by atoms with van der Waals surface area (Å²) in [7, 11) is 3.32. The van der Waals surface area contributed by atoms with Crippen molar-refractivity contribution >= 4 is 0 Å². The van der Waals surface area contributed by atoms with Crippen LogP contribution in [0.4, 0.5) is 0 Å². The molecule has 1 fully saturated rings. The van der Waals surface area contributed by atoms with Crippen LogP contribution in [-0.2, 0) is 15.1 Å². The van der Waals surface area contributed by atoms with Gasteiger partial charge in [0, 0.05) is 20.8 Å². The van der Waals surface area contributed by atoms with E-state index in [4.69, 9.17) is 19.7 Å². The molecule has 1 aromatic heterocycles. The van der Waals surface area contributed by atoms with E-state index >= 15 is 0 Å². The fourth-order valence-electron chi connectivity index (χ4n) is 1.96. The maximum absolute atomic E-state index is 5.92. The maximum Gasteiger partial charge on any atom is 0.243 e. The molecule has 96 valence electrons. The maximum atomic E-state index is 5.92. The molecule has 0 spiro atoms. The van der Waals surface area contributed by atoms with Crippen LogP contribution in [0.1, 0.15) is 43.4 Å². The monoisotopic (exact) mass is 241 g/mol. The van der Waals surface area contributed by atoms with Gasteiger partial charge < -0.3 is 19.7 Å². The standard InChI is InChI=1S/C11H19N3O3/c1-15-7-4-8(12)9-13-10(14-17-9)11(16-2)5-3-6-11/h8H,3-7,12H2,1-2H3. The Hall–Kier alpha value is -0.980. The SMILES string of the molecule is COCCC(N)c1nc(C2(OC)CCC2)no1. The van der Waals surface area contributed by atoms with Gasteiger partial charge in [0.05, 0.1) is 6.04 Å². The van der Waals surface area contributed by atoms with Crippen LogP contribution in [0.5, 0.6) is 0 Å². The van der Waals surface area contributed by atoms with Crippen molar-refractivity contribution in [1.29, 1.82) is 0 Å². The predicted octanol–water partition coefficient (Wildman–Crippen LogP) is 1.13. The minimum Gasteiger partial charge on any atom is -0.385 e. The van der Waals surface area contributed by atoms with E-state index in [2.05, 4.69) is 10.1 Å². The lowest BCUT2D eigenvalue weighted by molar-refractivity contribution is -0.0858. The Kier molecular flexibility index (Phi) is 3.76. The quantitative estimate of drug-likeness (QED) is 0.803. The number of rotatable bonds is 6. The molecule has 1 saturated carbocycles. The van der Waals surface area contributed by atoms with Crippen molar-refractivity contribution in [3.05, 3.63) is 11.7 Å². The summed E-state index contributed by atoms with van der Waals surface area (Å²) in [6, 6.07) is -0.273. The third-order valence-electron chi connectivity index (χ3n) is 3.35. The molecule has 0 bridgehead atoms. The van der Waals surface area contributed by atoms with Gasteiger partial charge in [0.15, 0.2) is 0 Å². The summed E-state index contributed by atoms with van der Waals surface area (Å²) in [6.45, 7) is 0.578. The van der Waals surface area contributed by atoms with E-state index in [-0.39, 0.29) is 11.6 Å². The van der Waals surface area contributed by atoms with Crippen LogP contribution < -0.4 is 5.73 Å². The Balaban J connectivity index is 2.05. The van der Waals surface area contributed by atoms with Gasteiger partial charge >= 0.3 is 0 Å². The van der Waals surface area contributed by atoms with Gasteiger partial charge in [0.25, 0.3) is 0 Å². The van der Waals surface area contributed by atoms with Gasteiger partial charge in [-0.2, -0.15) is 4.98 Å². The zero-order valence-corrected chi connectivity index (χ0v) is 10.3. The van der Waals surface area contributed by atoms with Crippen LogP contribution in [0.2, 0.25) is 0 Å². The van der Waals surface area contributed by atoms with E-state index in [0.717, 1.165) is 19.3 Å². The zero-order valence-electron chi connectivity index (χ0n) is 10.3. The third-order valence-corrected chi connectivity index (χ3v) is 3.35. The van der Waals surface area contributed by atoms with Gasteiger partial charge in [-0.05, 0) is 25.7 Å². The van der Waals surface area contributed by atoms with Gasteiger partial charge in [0.2, 0.25) is 11.7 Å². The number of nitrogens with two attached hydrogens (primary N) is 1. The van der Waals surface area contributed by atoms with Crippen molar-refractivity contribution in [2.45, 2.75) is 37.3 Å². The van der Waals surface area contributed by atoms with Crippen LogP contribution in [0.25, 0.3) is 0 Å². The van der Waals surface area contributed by atoms with Crippen molar-refractivity contribution < 1.29 is 14.0 Å². The molecule has 0 amide bonds. The van der Waals surface area contributed by atoms with E-state index in [0.29, 0.717) is 24.7 Å². The van der Waals surface area contributed by atoms with Gasteiger partial charge in [0.1, 0.15) is 5.60 Å². The normalized spacial score (nSPS) is 19.9. The summed E-state index contributed by atoms with van der Waals surface area (Å²) in [5.41, 5.74) is 5.58. The Labute approximate surface area is 100 Å². The molecule has 0 radical (unpaired) electrons. The first-order valence-corrected chi connectivity index (χ1v) is 5.85. The fourth-order valence-corrected chi connectivity index (χ4v) is 1.96. The van der Waals surface area contributed by atoms with E-state index in [1.807, 2.05) is 0 Å². The van der Waals surface area contributed by atoms with E-state index in [1.165, 1.54) is 0 Å². The highest BCUT2D eigenvalue weighted by Gasteiger charge is 2.43. The zero-order chi connectivity index (χ0) is 12.3. The number of hydrogen-bond acceptors (Lipinski definition) is 6. The van der Waals surface area contributed by atoms with Crippen molar-refractivity contribution in [2.75, 3.05) is 20.8 Å². The third kappa shape index (κ3) is 2.34. The molecule has 1 aliphatic carbocycles. The Morgan fingerprint density at radius 1 is 1.47 bits per heavy atom. The number of ether oxygens (including phenoxy) is 2. The minimum atomic E-state index is -0.345. The molecular weight excluding hydrogens is 222 g/mol. The fraction of sp³-hybridized carbons (Fsp3) is 0.818. The average molecular weight is 241 g/mol. The minimum absolute atomic E-state index is 0.273. The number of aromatic nitrogens is 2. The lowest BCUT2D eigenvalue weighted by Gasteiger charge is -2.37. The summed E-state index contributed by atoms with van der Waals surface area (Å²) in [4.78, 5) is 4.34. The predicted molar refractivity (Wildman–Crippen MR) is 60.3 cm³/mol. The molecule has 0 saturated heterocycles. The molecule has 6 nitrogen and oxygen atoms in total. The van der Waals surface area contributed by atoms with Crippen LogP contribution >= 0.6 is 0 Å². The molecule has 1 aliphatic rings. The molecule has 1 atom stereocenters. The smallest absolute Gasteiger partial charge is 0.243 e. The van der Waals surface area contributed by atoms with Gasteiger partial charge in [-0.15, -0.1) is 0 Å². The lowest BCUT2D eigenvalue weighted by atomic mass is 9.79. The first kappa shape index (κ1) is 12.5. The lowest BCUT2D eigenvalue weighted by Crippen LogP contribution is -2.37. The van der Waals surface area contributed by atoms with E-state index in [9.17, 15) is 0 Å². The molecule has 1 heterocycles. The second-order valence-corrected chi connectivity index (χ2v) is 4.40. The largest absolute Gasteiger partial charge is 0.385 e. The summed E-state index contributed by atoms with van der Waals surface area (Å²) in [6.07, 6.45) is 3.68. The molecule has 2 N–H and O–H groups in total. The van der Waals surface area contributed by atoms with Crippen LogP contribution in [0.15, 0.2) is 4.52 Å². The highest BCUT2D eigenvalue weighted by atomic mass is 16.5.